The van der Waals surface area contributed by atoms with Crippen molar-refractivity contribution in [2.75, 3.05) is 17.0 Å². The van der Waals surface area contributed by atoms with Gasteiger partial charge in [-0.3, -0.25) is 4.72 Å². The molecule has 120 valence electrons. The van der Waals surface area contributed by atoms with E-state index < -0.39 is 10.0 Å². The van der Waals surface area contributed by atoms with Crippen molar-refractivity contribution in [1.29, 1.82) is 0 Å². The minimum atomic E-state index is -3.29. The maximum Gasteiger partial charge on any atom is 0.232 e. The van der Waals surface area contributed by atoms with Gasteiger partial charge in [-0.25, -0.2) is 8.42 Å². The summed E-state index contributed by atoms with van der Waals surface area (Å²) in [6.07, 6.45) is 1.51. The predicted octanol–water partition coefficient (Wildman–Crippen LogP) is 3.59. The molecule has 0 saturated carbocycles. The Hall–Kier alpha value is -0.590. The van der Waals surface area contributed by atoms with E-state index in [-0.39, 0.29) is 5.75 Å². The topological polar surface area (TPSA) is 58.2 Å². The molecule has 1 aromatic carbocycles. The van der Waals surface area contributed by atoms with Crippen molar-refractivity contribution in [3.63, 3.8) is 0 Å². The molecule has 21 heavy (non-hydrogen) atoms. The SMILES string of the molecule is Cc1cc(Br)cc(C)c1NS(=O)(=O)CCCCNC(C)C. The number of unbranched alkanes of at least 4 members (excludes halogenated alkanes) is 1. The Morgan fingerprint density at radius 2 is 1.71 bits per heavy atom. The van der Waals surface area contributed by atoms with Crippen LogP contribution in [-0.2, 0) is 10.0 Å². The summed E-state index contributed by atoms with van der Waals surface area (Å²) in [5.74, 6) is 0.154. The average molecular weight is 377 g/mol. The van der Waals surface area contributed by atoms with Crippen molar-refractivity contribution in [1.82, 2.24) is 5.32 Å². The number of hydrogen-bond acceptors (Lipinski definition) is 3. The van der Waals surface area contributed by atoms with Crippen LogP contribution in [0.5, 0.6) is 0 Å². The largest absolute Gasteiger partial charge is 0.315 e. The van der Waals surface area contributed by atoms with Crippen LogP contribution in [-0.4, -0.2) is 26.8 Å². The molecule has 0 aliphatic heterocycles. The standard InChI is InChI=1S/C15H25BrN2O2S/c1-11(2)17-7-5-6-8-21(19,20)18-15-12(3)9-14(16)10-13(15)4/h9-11,17-18H,5-8H2,1-4H3. The monoisotopic (exact) mass is 376 g/mol. The van der Waals surface area contributed by atoms with Gasteiger partial charge in [0.25, 0.3) is 0 Å². The first-order chi connectivity index (χ1) is 9.71. The van der Waals surface area contributed by atoms with Crippen LogP contribution in [0.2, 0.25) is 0 Å². The molecule has 0 spiro atoms. The Labute approximate surface area is 136 Å². The summed E-state index contributed by atoms with van der Waals surface area (Å²) in [4.78, 5) is 0. The Bertz CT molecular complexity index is 548. The van der Waals surface area contributed by atoms with E-state index in [1.165, 1.54) is 0 Å². The summed E-state index contributed by atoms with van der Waals surface area (Å²) < 4.78 is 28.0. The van der Waals surface area contributed by atoms with Crippen molar-refractivity contribution in [3.8, 4) is 0 Å². The zero-order valence-electron chi connectivity index (χ0n) is 13.2. The lowest BCUT2D eigenvalue weighted by Gasteiger charge is -2.14. The Morgan fingerprint density at radius 3 is 2.24 bits per heavy atom. The fourth-order valence-electron chi connectivity index (χ4n) is 2.09. The van der Waals surface area contributed by atoms with Crippen molar-refractivity contribution >= 4 is 31.6 Å². The van der Waals surface area contributed by atoms with E-state index in [0.717, 1.165) is 28.6 Å². The third kappa shape index (κ3) is 6.80. The van der Waals surface area contributed by atoms with Gasteiger partial charge in [0.15, 0.2) is 0 Å². The maximum atomic E-state index is 12.1. The van der Waals surface area contributed by atoms with Gasteiger partial charge in [0.2, 0.25) is 10.0 Å². The minimum Gasteiger partial charge on any atom is -0.315 e. The Balaban J connectivity index is 2.57. The van der Waals surface area contributed by atoms with Gasteiger partial charge in [-0.1, -0.05) is 29.8 Å². The lowest BCUT2D eigenvalue weighted by Crippen LogP contribution is -2.24. The lowest BCUT2D eigenvalue weighted by atomic mass is 10.1. The minimum absolute atomic E-state index is 0.154. The molecular formula is C15H25BrN2O2S. The molecule has 1 aromatic rings. The second-order valence-electron chi connectivity index (χ2n) is 5.65. The van der Waals surface area contributed by atoms with Gasteiger partial charge >= 0.3 is 0 Å². The molecule has 6 heteroatoms. The van der Waals surface area contributed by atoms with Crippen molar-refractivity contribution in [2.45, 2.75) is 46.6 Å². The molecule has 0 aliphatic carbocycles. The molecule has 2 N–H and O–H groups in total. The lowest BCUT2D eigenvalue weighted by molar-refractivity contribution is 0.561. The van der Waals surface area contributed by atoms with Crippen molar-refractivity contribution < 1.29 is 8.42 Å². The second kappa shape index (κ2) is 8.15. The molecule has 0 radical (unpaired) electrons. The third-order valence-corrected chi connectivity index (χ3v) is 4.95. The van der Waals surface area contributed by atoms with E-state index in [0.29, 0.717) is 18.2 Å². The number of anilines is 1. The molecule has 4 nitrogen and oxygen atoms in total. The van der Waals surface area contributed by atoms with Crippen molar-refractivity contribution in [2.24, 2.45) is 0 Å². The molecular weight excluding hydrogens is 352 g/mol. The summed E-state index contributed by atoms with van der Waals surface area (Å²) in [5.41, 5.74) is 2.54. The fourth-order valence-corrected chi connectivity index (χ4v) is 4.09. The van der Waals surface area contributed by atoms with Crippen LogP contribution in [0.3, 0.4) is 0 Å². The van der Waals surface area contributed by atoms with Crippen LogP contribution in [0.25, 0.3) is 0 Å². The van der Waals surface area contributed by atoms with Gasteiger partial charge in [0.1, 0.15) is 0 Å². The fraction of sp³-hybridized carbons (Fsp3) is 0.600. The molecule has 0 unspecified atom stereocenters. The van der Waals surface area contributed by atoms with E-state index in [9.17, 15) is 8.42 Å². The number of rotatable bonds is 8. The zero-order valence-corrected chi connectivity index (χ0v) is 15.6. The van der Waals surface area contributed by atoms with Crippen LogP contribution >= 0.6 is 15.9 Å². The average Bonchev–Trinajstić information content (AvgIpc) is 2.33. The van der Waals surface area contributed by atoms with Crippen LogP contribution < -0.4 is 10.0 Å². The highest BCUT2D eigenvalue weighted by molar-refractivity contribution is 9.10. The van der Waals surface area contributed by atoms with Gasteiger partial charge in [-0.05, 0) is 56.5 Å². The highest BCUT2D eigenvalue weighted by Gasteiger charge is 2.13. The van der Waals surface area contributed by atoms with Gasteiger partial charge in [-0.2, -0.15) is 0 Å². The maximum absolute atomic E-state index is 12.1. The van der Waals surface area contributed by atoms with Crippen molar-refractivity contribution in [3.05, 3.63) is 27.7 Å². The van der Waals surface area contributed by atoms with Crippen LogP contribution in [0, 0.1) is 13.8 Å². The summed E-state index contributed by atoms with van der Waals surface area (Å²) >= 11 is 3.41. The molecule has 0 saturated heterocycles. The molecule has 0 fully saturated rings. The molecule has 0 heterocycles. The normalized spacial score (nSPS) is 11.9. The number of benzene rings is 1. The van der Waals surface area contributed by atoms with E-state index >= 15 is 0 Å². The van der Waals surface area contributed by atoms with Gasteiger partial charge in [-0.15, -0.1) is 0 Å². The van der Waals surface area contributed by atoms with E-state index in [1.807, 2.05) is 26.0 Å². The summed E-state index contributed by atoms with van der Waals surface area (Å²) in [7, 11) is -3.29. The first kappa shape index (κ1) is 18.5. The number of hydrogen-bond donors (Lipinski definition) is 2. The van der Waals surface area contributed by atoms with Crippen LogP contribution in [0.4, 0.5) is 5.69 Å². The van der Waals surface area contributed by atoms with E-state index in [1.54, 1.807) is 0 Å². The van der Waals surface area contributed by atoms with Gasteiger partial charge < -0.3 is 5.32 Å². The van der Waals surface area contributed by atoms with E-state index in [2.05, 4.69) is 39.8 Å². The van der Waals surface area contributed by atoms with Gasteiger partial charge in [0, 0.05) is 10.5 Å². The van der Waals surface area contributed by atoms with Crippen LogP contribution in [0.15, 0.2) is 16.6 Å². The molecule has 0 amide bonds. The number of aryl methyl sites for hydroxylation is 2. The predicted molar refractivity (Wildman–Crippen MR) is 93.4 cm³/mol. The van der Waals surface area contributed by atoms with Crippen LogP contribution in [0.1, 0.15) is 37.8 Å². The number of nitrogens with one attached hydrogen (secondary N) is 2. The summed E-state index contributed by atoms with van der Waals surface area (Å²) in [6.45, 7) is 8.82. The quantitative estimate of drug-likeness (QED) is 0.681. The Kier molecular flexibility index (Phi) is 7.16. The number of sulfonamides is 1. The highest BCUT2D eigenvalue weighted by Crippen LogP contribution is 2.26. The number of halogens is 1. The van der Waals surface area contributed by atoms with Gasteiger partial charge in [0.05, 0.1) is 11.4 Å². The smallest absolute Gasteiger partial charge is 0.232 e. The summed E-state index contributed by atoms with van der Waals surface area (Å²) in [6, 6.07) is 4.27. The third-order valence-electron chi connectivity index (χ3n) is 3.15. The second-order valence-corrected chi connectivity index (χ2v) is 8.41. The zero-order chi connectivity index (χ0) is 16.0. The highest BCUT2D eigenvalue weighted by atomic mass is 79.9. The first-order valence-corrected chi connectivity index (χ1v) is 9.66. The first-order valence-electron chi connectivity index (χ1n) is 7.22. The molecule has 0 aromatic heterocycles. The Morgan fingerprint density at radius 1 is 1.14 bits per heavy atom. The molecule has 0 atom stereocenters. The molecule has 0 aliphatic rings. The van der Waals surface area contributed by atoms with E-state index in [4.69, 9.17) is 0 Å². The summed E-state index contributed by atoms with van der Waals surface area (Å²) in [5, 5.41) is 3.29. The molecule has 1 rings (SSSR count). The molecule has 0 bridgehead atoms.